The molecule has 0 heterocycles. The summed E-state index contributed by atoms with van der Waals surface area (Å²) in [5.41, 5.74) is 0.410. The second-order valence-corrected chi connectivity index (χ2v) is 7.18. The SMILES string of the molecule is CC(C)C(CN(C)C)NS(=O)(=O)c1ccccc1CO. The van der Waals surface area contributed by atoms with Gasteiger partial charge in [0.15, 0.2) is 0 Å². The van der Waals surface area contributed by atoms with Gasteiger partial charge in [0.1, 0.15) is 0 Å². The number of hydrogen-bond donors (Lipinski definition) is 2. The summed E-state index contributed by atoms with van der Waals surface area (Å²) in [6, 6.07) is 6.32. The smallest absolute Gasteiger partial charge is 0.241 e. The number of nitrogens with one attached hydrogen (secondary N) is 1. The molecule has 114 valence electrons. The molecule has 0 radical (unpaired) electrons. The zero-order valence-electron chi connectivity index (χ0n) is 12.5. The van der Waals surface area contributed by atoms with E-state index in [0.29, 0.717) is 12.1 Å². The predicted molar refractivity (Wildman–Crippen MR) is 79.9 cm³/mol. The van der Waals surface area contributed by atoms with E-state index in [2.05, 4.69) is 4.72 Å². The minimum Gasteiger partial charge on any atom is -0.392 e. The fourth-order valence-electron chi connectivity index (χ4n) is 1.94. The minimum absolute atomic E-state index is 0.145. The second kappa shape index (κ2) is 7.17. The van der Waals surface area contributed by atoms with E-state index >= 15 is 0 Å². The van der Waals surface area contributed by atoms with Crippen molar-refractivity contribution < 1.29 is 13.5 Å². The maximum Gasteiger partial charge on any atom is 0.241 e. The Bertz CT molecular complexity index is 527. The van der Waals surface area contributed by atoms with Crippen molar-refractivity contribution in [3.05, 3.63) is 29.8 Å². The van der Waals surface area contributed by atoms with Crippen LogP contribution < -0.4 is 4.72 Å². The molecule has 0 spiro atoms. The molecule has 5 nitrogen and oxygen atoms in total. The zero-order chi connectivity index (χ0) is 15.3. The standard InChI is InChI=1S/C14H24N2O3S/c1-11(2)13(9-16(3)4)15-20(18,19)14-8-6-5-7-12(14)10-17/h5-8,11,13,15,17H,9-10H2,1-4H3. The van der Waals surface area contributed by atoms with Gasteiger partial charge in [-0.3, -0.25) is 0 Å². The highest BCUT2D eigenvalue weighted by atomic mass is 32.2. The summed E-state index contributed by atoms with van der Waals surface area (Å²) in [6.45, 7) is 4.29. The van der Waals surface area contributed by atoms with Crippen LogP contribution in [0.1, 0.15) is 19.4 Å². The molecule has 0 bridgehead atoms. The molecule has 0 aromatic heterocycles. The lowest BCUT2D eigenvalue weighted by molar-refractivity contribution is 0.278. The number of rotatable bonds is 7. The van der Waals surface area contributed by atoms with Gasteiger partial charge in [-0.1, -0.05) is 32.0 Å². The van der Waals surface area contributed by atoms with Gasteiger partial charge < -0.3 is 10.0 Å². The predicted octanol–water partition coefficient (Wildman–Crippen LogP) is 1.04. The molecule has 20 heavy (non-hydrogen) atoms. The molecular weight excluding hydrogens is 276 g/mol. The largest absolute Gasteiger partial charge is 0.392 e. The second-order valence-electron chi connectivity index (χ2n) is 5.50. The van der Waals surface area contributed by atoms with Crippen LogP contribution in [0.2, 0.25) is 0 Å². The van der Waals surface area contributed by atoms with Crippen LogP contribution in [0.15, 0.2) is 29.2 Å². The van der Waals surface area contributed by atoms with E-state index in [1.807, 2.05) is 32.8 Å². The number of sulfonamides is 1. The monoisotopic (exact) mass is 300 g/mol. The van der Waals surface area contributed by atoms with Crippen LogP contribution in [0.25, 0.3) is 0 Å². The Morgan fingerprint density at radius 3 is 2.35 bits per heavy atom. The normalized spacial score (nSPS) is 13.9. The van der Waals surface area contributed by atoms with Crippen LogP contribution in [0.3, 0.4) is 0 Å². The zero-order valence-corrected chi connectivity index (χ0v) is 13.3. The molecular formula is C14H24N2O3S. The van der Waals surface area contributed by atoms with E-state index in [9.17, 15) is 13.5 Å². The van der Waals surface area contributed by atoms with E-state index in [1.54, 1.807) is 18.2 Å². The van der Waals surface area contributed by atoms with Gasteiger partial charge in [0.2, 0.25) is 10.0 Å². The maximum atomic E-state index is 12.5. The lowest BCUT2D eigenvalue weighted by Gasteiger charge is -2.25. The molecule has 0 aliphatic rings. The molecule has 1 aromatic rings. The van der Waals surface area contributed by atoms with Crippen molar-refractivity contribution in [2.45, 2.75) is 31.4 Å². The van der Waals surface area contributed by atoms with E-state index in [-0.39, 0.29) is 23.5 Å². The van der Waals surface area contributed by atoms with E-state index < -0.39 is 10.0 Å². The first-order chi connectivity index (χ1) is 9.27. The third kappa shape index (κ3) is 4.56. The van der Waals surface area contributed by atoms with Crippen molar-refractivity contribution in [1.82, 2.24) is 9.62 Å². The first-order valence-corrected chi connectivity index (χ1v) is 8.12. The highest BCUT2D eigenvalue weighted by Crippen LogP contribution is 2.17. The van der Waals surface area contributed by atoms with Crippen LogP contribution in [0.4, 0.5) is 0 Å². The maximum absolute atomic E-state index is 12.5. The Hall–Kier alpha value is -0.950. The van der Waals surface area contributed by atoms with Crippen LogP contribution >= 0.6 is 0 Å². The van der Waals surface area contributed by atoms with Gasteiger partial charge in [0.05, 0.1) is 11.5 Å². The number of benzene rings is 1. The van der Waals surface area contributed by atoms with Crippen molar-refractivity contribution in [2.75, 3.05) is 20.6 Å². The van der Waals surface area contributed by atoms with Crippen LogP contribution in [0.5, 0.6) is 0 Å². The lowest BCUT2D eigenvalue weighted by atomic mass is 10.1. The molecule has 0 amide bonds. The van der Waals surface area contributed by atoms with E-state index in [4.69, 9.17) is 0 Å². The number of likely N-dealkylation sites (N-methyl/N-ethyl adjacent to an activating group) is 1. The highest BCUT2D eigenvalue weighted by Gasteiger charge is 2.24. The summed E-state index contributed by atoms with van der Waals surface area (Å²) in [5, 5.41) is 9.27. The van der Waals surface area contributed by atoms with E-state index in [0.717, 1.165) is 0 Å². The Kier molecular flexibility index (Phi) is 6.13. The fourth-order valence-corrected chi connectivity index (χ4v) is 3.54. The molecule has 0 saturated heterocycles. The molecule has 0 aliphatic heterocycles. The Morgan fingerprint density at radius 2 is 1.85 bits per heavy atom. The Morgan fingerprint density at radius 1 is 1.25 bits per heavy atom. The number of aliphatic hydroxyl groups excluding tert-OH is 1. The summed E-state index contributed by atoms with van der Waals surface area (Å²) in [5.74, 6) is 0.175. The van der Waals surface area contributed by atoms with Crippen molar-refractivity contribution in [1.29, 1.82) is 0 Å². The summed E-state index contributed by atoms with van der Waals surface area (Å²) >= 11 is 0. The summed E-state index contributed by atoms with van der Waals surface area (Å²) in [4.78, 5) is 2.09. The van der Waals surface area contributed by atoms with Crippen molar-refractivity contribution >= 4 is 10.0 Å². The van der Waals surface area contributed by atoms with Gasteiger partial charge >= 0.3 is 0 Å². The third-order valence-electron chi connectivity index (χ3n) is 3.11. The molecule has 2 N–H and O–H groups in total. The van der Waals surface area contributed by atoms with Gasteiger partial charge in [-0.25, -0.2) is 13.1 Å². The van der Waals surface area contributed by atoms with Gasteiger partial charge in [0.25, 0.3) is 0 Å². The average molecular weight is 300 g/mol. The van der Waals surface area contributed by atoms with Crippen LogP contribution in [-0.2, 0) is 16.6 Å². The van der Waals surface area contributed by atoms with Gasteiger partial charge in [-0.2, -0.15) is 0 Å². The Balaban J connectivity index is 3.03. The molecule has 0 fully saturated rings. The number of aliphatic hydroxyl groups is 1. The van der Waals surface area contributed by atoms with E-state index in [1.165, 1.54) is 6.07 Å². The first-order valence-electron chi connectivity index (χ1n) is 6.63. The molecule has 1 atom stereocenters. The van der Waals surface area contributed by atoms with Crippen molar-refractivity contribution in [2.24, 2.45) is 5.92 Å². The van der Waals surface area contributed by atoms with Crippen LogP contribution in [-0.4, -0.2) is 45.1 Å². The van der Waals surface area contributed by atoms with Crippen LogP contribution in [0, 0.1) is 5.92 Å². The number of hydrogen-bond acceptors (Lipinski definition) is 4. The summed E-state index contributed by atoms with van der Waals surface area (Å²) < 4.78 is 27.7. The minimum atomic E-state index is -3.63. The van der Waals surface area contributed by atoms with Crippen molar-refractivity contribution in [3.63, 3.8) is 0 Å². The topological polar surface area (TPSA) is 69.6 Å². The first kappa shape index (κ1) is 17.1. The Labute approximate surface area is 121 Å². The molecule has 0 saturated carbocycles. The molecule has 1 unspecified atom stereocenters. The molecule has 6 heteroatoms. The molecule has 1 aromatic carbocycles. The van der Waals surface area contributed by atoms with Gasteiger partial charge in [0, 0.05) is 12.6 Å². The quantitative estimate of drug-likeness (QED) is 0.789. The fraction of sp³-hybridized carbons (Fsp3) is 0.571. The lowest BCUT2D eigenvalue weighted by Crippen LogP contribution is -2.45. The summed E-state index contributed by atoms with van der Waals surface area (Å²) in [7, 11) is 0.187. The number of nitrogens with zero attached hydrogens (tertiary/aromatic N) is 1. The van der Waals surface area contributed by atoms with Gasteiger partial charge in [-0.15, -0.1) is 0 Å². The highest BCUT2D eigenvalue weighted by molar-refractivity contribution is 7.89. The third-order valence-corrected chi connectivity index (χ3v) is 4.70. The molecule has 1 rings (SSSR count). The van der Waals surface area contributed by atoms with Gasteiger partial charge in [-0.05, 0) is 31.6 Å². The summed E-state index contributed by atoms with van der Waals surface area (Å²) in [6.07, 6.45) is 0. The van der Waals surface area contributed by atoms with Crippen molar-refractivity contribution in [3.8, 4) is 0 Å². The average Bonchev–Trinajstić information content (AvgIpc) is 2.37. The molecule has 0 aliphatic carbocycles.